The first-order chi connectivity index (χ1) is 10.1. The van der Waals surface area contributed by atoms with Crippen LogP contribution in [0.3, 0.4) is 0 Å². The van der Waals surface area contributed by atoms with E-state index in [4.69, 9.17) is 11.1 Å². The maximum absolute atomic E-state index is 12.2. The van der Waals surface area contributed by atoms with Gasteiger partial charge in [0.15, 0.2) is 0 Å². The van der Waals surface area contributed by atoms with E-state index in [2.05, 4.69) is 12.1 Å². The molecule has 0 saturated heterocycles. The van der Waals surface area contributed by atoms with Crippen LogP contribution in [0, 0.1) is 5.41 Å². The molecule has 21 heavy (non-hydrogen) atoms. The molecule has 0 bridgehead atoms. The molecule has 0 radical (unpaired) electrons. The van der Waals surface area contributed by atoms with Crippen LogP contribution in [0.5, 0.6) is 0 Å². The van der Waals surface area contributed by atoms with E-state index in [0.717, 1.165) is 21.2 Å². The van der Waals surface area contributed by atoms with Crippen molar-refractivity contribution in [3.05, 3.63) is 46.8 Å². The molecule has 6 heteroatoms. The molecule has 0 spiro atoms. The van der Waals surface area contributed by atoms with Crippen molar-refractivity contribution in [3.63, 3.8) is 0 Å². The van der Waals surface area contributed by atoms with Gasteiger partial charge in [-0.2, -0.15) is 0 Å². The van der Waals surface area contributed by atoms with Crippen molar-refractivity contribution in [2.24, 2.45) is 5.73 Å². The molecule has 0 unspecified atom stereocenters. The number of amidine groups is 1. The number of carbonyl (C=O) groups is 1. The van der Waals surface area contributed by atoms with Crippen LogP contribution in [0.2, 0.25) is 0 Å². The van der Waals surface area contributed by atoms with E-state index in [1.54, 1.807) is 0 Å². The summed E-state index contributed by atoms with van der Waals surface area (Å²) in [6.45, 7) is 0.657. The Labute approximate surface area is 131 Å². The number of rotatable bonds is 4. The van der Waals surface area contributed by atoms with Crippen LogP contribution in [0.4, 0.5) is 5.69 Å². The van der Waals surface area contributed by atoms with Crippen molar-refractivity contribution in [1.29, 1.82) is 5.41 Å². The number of benzene rings is 1. The van der Waals surface area contributed by atoms with Gasteiger partial charge in [0.05, 0.1) is 20.5 Å². The minimum absolute atomic E-state index is 0.0606. The molecule has 0 aliphatic carbocycles. The summed E-state index contributed by atoms with van der Waals surface area (Å²) in [5, 5.41) is 7.54. The van der Waals surface area contributed by atoms with E-state index in [9.17, 15) is 4.79 Å². The Hall–Kier alpha value is -1.79. The third kappa shape index (κ3) is 2.96. The zero-order chi connectivity index (χ0) is 14.8. The summed E-state index contributed by atoms with van der Waals surface area (Å²) in [5.41, 5.74) is 7.67. The van der Waals surface area contributed by atoms with Gasteiger partial charge in [0.25, 0.3) is 0 Å². The molecule has 3 rings (SSSR count). The Morgan fingerprint density at radius 1 is 1.33 bits per heavy atom. The number of fused-ring (bicyclic) bond motifs is 1. The molecule has 2 aromatic rings. The van der Waals surface area contributed by atoms with Crippen molar-refractivity contribution in [3.8, 4) is 0 Å². The summed E-state index contributed by atoms with van der Waals surface area (Å²) in [4.78, 5) is 14.7. The third-order valence-electron chi connectivity index (χ3n) is 3.33. The fourth-order valence-electron chi connectivity index (χ4n) is 2.26. The van der Waals surface area contributed by atoms with Crippen LogP contribution in [0.15, 0.2) is 40.6 Å². The lowest BCUT2D eigenvalue weighted by molar-refractivity contribution is -0.116. The lowest BCUT2D eigenvalue weighted by atomic mass is 10.1. The predicted octanol–water partition coefficient (Wildman–Crippen LogP) is 2.71. The molecular weight excluding hydrogens is 302 g/mol. The van der Waals surface area contributed by atoms with E-state index in [-0.39, 0.29) is 11.7 Å². The smallest absolute Gasteiger partial charge is 0.237 e. The van der Waals surface area contributed by atoms with E-state index >= 15 is 0 Å². The SMILES string of the molecule is N=C(N)c1cc2c(s1)SCC(=O)N2CCc1ccccc1. The Kier molecular flexibility index (Phi) is 3.98. The number of thioether (sulfide) groups is 1. The van der Waals surface area contributed by atoms with Crippen LogP contribution in [-0.2, 0) is 11.2 Å². The predicted molar refractivity (Wildman–Crippen MR) is 88.6 cm³/mol. The number of nitrogens with one attached hydrogen (secondary N) is 1. The van der Waals surface area contributed by atoms with Gasteiger partial charge in [0, 0.05) is 6.54 Å². The van der Waals surface area contributed by atoms with E-state index < -0.39 is 0 Å². The van der Waals surface area contributed by atoms with Gasteiger partial charge >= 0.3 is 0 Å². The van der Waals surface area contributed by atoms with Gasteiger partial charge in [-0.3, -0.25) is 10.2 Å². The zero-order valence-corrected chi connectivity index (χ0v) is 13.0. The number of nitrogen functional groups attached to an aromatic ring is 1. The maximum atomic E-state index is 12.2. The number of thiophene rings is 1. The van der Waals surface area contributed by atoms with Gasteiger partial charge in [-0.1, -0.05) is 30.3 Å². The monoisotopic (exact) mass is 317 g/mol. The molecule has 1 aromatic heterocycles. The minimum atomic E-state index is 0.0606. The normalized spacial score (nSPS) is 14.1. The summed E-state index contributed by atoms with van der Waals surface area (Å²) in [7, 11) is 0. The van der Waals surface area contributed by atoms with Crippen molar-refractivity contribution < 1.29 is 4.79 Å². The van der Waals surface area contributed by atoms with Crippen LogP contribution >= 0.6 is 23.1 Å². The molecule has 4 nitrogen and oxygen atoms in total. The lowest BCUT2D eigenvalue weighted by Crippen LogP contribution is -2.36. The number of carbonyl (C=O) groups excluding carboxylic acids is 1. The summed E-state index contributed by atoms with van der Waals surface area (Å²) in [5.74, 6) is 0.640. The molecule has 0 saturated carbocycles. The van der Waals surface area contributed by atoms with Crippen LogP contribution in [0.25, 0.3) is 0 Å². The van der Waals surface area contributed by atoms with Crippen LogP contribution in [0.1, 0.15) is 10.4 Å². The molecule has 0 fully saturated rings. The molecular formula is C15H15N3OS2. The van der Waals surface area contributed by atoms with Gasteiger partial charge < -0.3 is 10.6 Å². The van der Waals surface area contributed by atoms with E-state index in [0.29, 0.717) is 12.3 Å². The molecule has 0 atom stereocenters. The fraction of sp³-hybridized carbons (Fsp3) is 0.200. The van der Waals surface area contributed by atoms with Gasteiger partial charge in [-0.15, -0.1) is 23.1 Å². The Balaban J connectivity index is 1.82. The van der Waals surface area contributed by atoms with Crippen molar-refractivity contribution >= 4 is 40.5 Å². The van der Waals surface area contributed by atoms with Gasteiger partial charge in [-0.05, 0) is 18.1 Å². The quantitative estimate of drug-likeness (QED) is 0.673. The molecule has 3 N–H and O–H groups in total. The summed E-state index contributed by atoms with van der Waals surface area (Å²) in [6, 6.07) is 12.0. The first-order valence-corrected chi connectivity index (χ1v) is 8.40. The van der Waals surface area contributed by atoms with E-state index in [1.165, 1.54) is 28.7 Å². The number of nitrogens with zero attached hydrogens (tertiary/aromatic N) is 1. The number of anilines is 1. The second kappa shape index (κ2) is 5.91. The third-order valence-corrected chi connectivity index (χ3v) is 5.75. The largest absolute Gasteiger partial charge is 0.383 e. The Morgan fingerprint density at radius 2 is 2.10 bits per heavy atom. The number of hydrogen-bond acceptors (Lipinski definition) is 4. The topological polar surface area (TPSA) is 70.2 Å². The lowest BCUT2D eigenvalue weighted by Gasteiger charge is -2.26. The highest BCUT2D eigenvalue weighted by atomic mass is 32.2. The highest BCUT2D eigenvalue weighted by Gasteiger charge is 2.27. The molecule has 108 valence electrons. The van der Waals surface area contributed by atoms with Crippen molar-refractivity contribution in [2.45, 2.75) is 10.6 Å². The minimum Gasteiger partial charge on any atom is -0.383 e. The van der Waals surface area contributed by atoms with Crippen molar-refractivity contribution in [1.82, 2.24) is 0 Å². The summed E-state index contributed by atoms with van der Waals surface area (Å²) >= 11 is 3.03. The molecule has 1 aromatic carbocycles. The molecule has 1 aliphatic heterocycles. The number of hydrogen-bond donors (Lipinski definition) is 2. The molecule has 1 amide bonds. The van der Waals surface area contributed by atoms with Crippen molar-refractivity contribution in [2.75, 3.05) is 17.2 Å². The average Bonchev–Trinajstić information content (AvgIpc) is 2.92. The number of amides is 1. The first-order valence-electron chi connectivity index (χ1n) is 6.60. The first kappa shape index (κ1) is 14.2. The fourth-order valence-corrected chi connectivity index (χ4v) is 4.42. The Bertz CT molecular complexity index is 681. The Morgan fingerprint density at radius 3 is 2.81 bits per heavy atom. The van der Waals surface area contributed by atoms with Gasteiger partial charge in [0.2, 0.25) is 5.91 Å². The summed E-state index contributed by atoms with van der Waals surface area (Å²) < 4.78 is 1.08. The van der Waals surface area contributed by atoms with Gasteiger partial charge in [-0.25, -0.2) is 0 Å². The van der Waals surface area contributed by atoms with Gasteiger partial charge in [0.1, 0.15) is 5.84 Å². The average molecular weight is 317 g/mol. The summed E-state index contributed by atoms with van der Waals surface area (Å²) in [6.07, 6.45) is 0.821. The second-order valence-corrected chi connectivity index (χ2v) is 7.06. The molecule has 2 heterocycles. The standard InChI is InChI=1S/C15H15N3OS2/c16-14(17)12-8-11-15(21-12)20-9-13(19)18(11)7-6-10-4-2-1-3-5-10/h1-5,8H,6-7,9H2,(H3,16,17). The van der Waals surface area contributed by atoms with Crippen LogP contribution in [-0.4, -0.2) is 24.0 Å². The highest BCUT2D eigenvalue weighted by Crippen LogP contribution is 2.41. The zero-order valence-electron chi connectivity index (χ0n) is 11.3. The maximum Gasteiger partial charge on any atom is 0.237 e. The second-order valence-electron chi connectivity index (χ2n) is 4.77. The van der Waals surface area contributed by atoms with E-state index in [1.807, 2.05) is 29.2 Å². The molecule has 1 aliphatic rings. The number of nitrogens with two attached hydrogens (primary N) is 1. The van der Waals surface area contributed by atoms with Crippen LogP contribution < -0.4 is 10.6 Å². The highest BCUT2D eigenvalue weighted by molar-refractivity contribution is 8.02.